The Hall–Kier alpha value is -2.83. The summed E-state index contributed by atoms with van der Waals surface area (Å²) in [5, 5.41) is 10.1. The highest BCUT2D eigenvalue weighted by Gasteiger charge is 2.33. The lowest BCUT2D eigenvalue weighted by atomic mass is 10.2. The average molecular weight is 479 g/mol. The van der Waals surface area contributed by atoms with Gasteiger partial charge in [-0.15, -0.1) is 0 Å². The fraction of sp³-hybridized carbons (Fsp3) is 0.400. The number of ether oxygens (including phenoxy) is 2. The van der Waals surface area contributed by atoms with Gasteiger partial charge in [-0.2, -0.15) is 4.98 Å². The van der Waals surface area contributed by atoms with Crippen molar-refractivity contribution in [2.45, 2.75) is 30.6 Å². The molecule has 1 aliphatic heterocycles. The molecule has 10 nitrogen and oxygen atoms in total. The van der Waals surface area contributed by atoms with Crippen molar-refractivity contribution < 1.29 is 23.9 Å². The Labute approximate surface area is 190 Å². The van der Waals surface area contributed by atoms with Gasteiger partial charge in [0.05, 0.1) is 26.8 Å². The topological polar surface area (TPSA) is 130 Å². The SMILES string of the molecule is COc1ccc(Cn2c([S+](C)[O-])nc3sc([C@H]4CCCN4C(=O)O)nc3c2=O)c(OC)c1. The molecule has 1 fully saturated rings. The highest BCUT2D eigenvalue weighted by atomic mass is 32.2. The number of amides is 1. The van der Waals surface area contributed by atoms with E-state index < -0.39 is 28.9 Å². The zero-order chi connectivity index (χ0) is 23.0. The minimum absolute atomic E-state index is 0.0847. The van der Waals surface area contributed by atoms with Crippen LogP contribution in [0.4, 0.5) is 4.79 Å². The molecule has 170 valence electrons. The largest absolute Gasteiger partial charge is 0.609 e. The van der Waals surface area contributed by atoms with Gasteiger partial charge in [-0.05, 0) is 25.0 Å². The summed E-state index contributed by atoms with van der Waals surface area (Å²) in [5.74, 6) is 1.13. The second kappa shape index (κ2) is 8.96. The first-order valence-electron chi connectivity index (χ1n) is 9.79. The van der Waals surface area contributed by atoms with Crippen molar-refractivity contribution in [3.8, 4) is 11.5 Å². The first-order chi connectivity index (χ1) is 15.3. The fourth-order valence-corrected chi connectivity index (χ4v) is 5.63. The number of hydrogen-bond donors (Lipinski definition) is 1. The van der Waals surface area contributed by atoms with Gasteiger partial charge in [0.15, 0.2) is 10.3 Å². The first kappa shape index (κ1) is 22.4. The van der Waals surface area contributed by atoms with Crippen LogP contribution in [0.25, 0.3) is 10.3 Å². The van der Waals surface area contributed by atoms with Gasteiger partial charge >= 0.3 is 11.2 Å². The lowest BCUT2D eigenvalue weighted by Gasteiger charge is -2.18. The third kappa shape index (κ3) is 4.00. The van der Waals surface area contributed by atoms with Crippen molar-refractivity contribution in [1.29, 1.82) is 0 Å². The number of rotatable bonds is 6. The Morgan fingerprint density at radius 1 is 1.34 bits per heavy atom. The summed E-state index contributed by atoms with van der Waals surface area (Å²) in [6, 6.07) is 4.82. The van der Waals surface area contributed by atoms with E-state index in [1.54, 1.807) is 25.3 Å². The minimum atomic E-state index is -1.54. The van der Waals surface area contributed by atoms with Crippen LogP contribution >= 0.6 is 11.3 Å². The molecule has 32 heavy (non-hydrogen) atoms. The van der Waals surface area contributed by atoms with Crippen LogP contribution in [-0.2, 0) is 17.7 Å². The van der Waals surface area contributed by atoms with Gasteiger partial charge in [0.1, 0.15) is 22.8 Å². The summed E-state index contributed by atoms with van der Waals surface area (Å²) in [4.78, 5) is 35.5. The zero-order valence-corrected chi connectivity index (χ0v) is 19.4. The molecule has 3 heterocycles. The van der Waals surface area contributed by atoms with Crippen LogP contribution < -0.4 is 15.0 Å². The first-order valence-corrected chi connectivity index (χ1v) is 12.2. The van der Waals surface area contributed by atoms with E-state index in [2.05, 4.69) is 9.97 Å². The molecule has 1 unspecified atom stereocenters. The molecule has 12 heteroatoms. The molecule has 4 rings (SSSR count). The minimum Gasteiger partial charge on any atom is -0.609 e. The normalized spacial score (nSPS) is 17.0. The van der Waals surface area contributed by atoms with Gasteiger partial charge in [-0.25, -0.2) is 14.3 Å². The number of hydrogen-bond acceptors (Lipinski definition) is 8. The predicted octanol–water partition coefficient (Wildman–Crippen LogP) is 2.47. The van der Waals surface area contributed by atoms with Crippen molar-refractivity contribution in [3.63, 3.8) is 0 Å². The van der Waals surface area contributed by atoms with Gasteiger partial charge in [0.25, 0.3) is 5.56 Å². The lowest BCUT2D eigenvalue weighted by Crippen LogP contribution is -2.29. The average Bonchev–Trinajstić information content (AvgIpc) is 3.42. The number of methoxy groups -OCH3 is 2. The molecule has 3 aromatic rings. The number of likely N-dealkylation sites (tertiary alicyclic amines) is 1. The van der Waals surface area contributed by atoms with Crippen molar-refractivity contribution in [3.05, 3.63) is 39.1 Å². The van der Waals surface area contributed by atoms with Gasteiger partial charge in [-0.3, -0.25) is 9.69 Å². The van der Waals surface area contributed by atoms with E-state index in [0.717, 1.165) is 6.42 Å². The van der Waals surface area contributed by atoms with E-state index in [9.17, 15) is 19.2 Å². The lowest BCUT2D eigenvalue weighted by molar-refractivity contribution is 0.140. The highest BCUT2D eigenvalue weighted by Crippen LogP contribution is 2.35. The Kier molecular flexibility index (Phi) is 6.26. The molecule has 0 spiro atoms. The quantitative estimate of drug-likeness (QED) is 0.422. The van der Waals surface area contributed by atoms with Crippen molar-refractivity contribution >= 4 is 39.0 Å². The van der Waals surface area contributed by atoms with Crippen molar-refractivity contribution in [2.75, 3.05) is 27.0 Å². The maximum atomic E-state index is 13.4. The molecule has 0 radical (unpaired) electrons. The molecule has 2 aromatic heterocycles. The second-order valence-corrected chi connectivity index (χ2v) is 9.54. The Morgan fingerprint density at radius 3 is 2.78 bits per heavy atom. The molecule has 0 bridgehead atoms. The Bertz CT molecular complexity index is 1220. The van der Waals surface area contributed by atoms with E-state index in [1.807, 2.05) is 0 Å². The number of nitrogens with zero attached hydrogens (tertiary/aromatic N) is 4. The third-order valence-electron chi connectivity index (χ3n) is 5.37. The predicted molar refractivity (Wildman–Crippen MR) is 119 cm³/mol. The molecular weight excluding hydrogens is 456 g/mol. The summed E-state index contributed by atoms with van der Waals surface area (Å²) >= 11 is -0.369. The number of benzene rings is 1. The summed E-state index contributed by atoms with van der Waals surface area (Å²) in [6.45, 7) is 0.510. The van der Waals surface area contributed by atoms with Gasteiger partial charge in [0, 0.05) is 29.4 Å². The van der Waals surface area contributed by atoms with Crippen LogP contribution in [-0.4, -0.2) is 62.2 Å². The highest BCUT2D eigenvalue weighted by molar-refractivity contribution is 7.90. The number of carboxylic acid groups (broad SMARTS) is 1. The van der Waals surface area contributed by atoms with Crippen LogP contribution in [0.15, 0.2) is 28.2 Å². The maximum Gasteiger partial charge on any atom is 0.407 e. The van der Waals surface area contributed by atoms with Crippen LogP contribution in [0.5, 0.6) is 11.5 Å². The molecule has 1 saturated heterocycles. The fourth-order valence-electron chi connectivity index (χ4n) is 3.81. The number of thiazole rings is 1. The van der Waals surface area contributed by atoms with Crippen LogP contribution in [0.3, 0.4) is 0 Å². The standard InChI is InChI=1S/C20H22N4O6S2/c1-29-12-7-6-11(14(9-12)30-2)10-24-18(25)15-17(22-19(24)32(3)28)31-16(21-15)13-5-4-8-23(13)20(26)27/h6-7,9,13H,4-5,8,10H2,1-3H3,(H,26,27)/t13-,32?/m1/s1. The van der Waals surface area contributed by atoms with Gasteiger partial charge < -0.3 is 19.1 Å². The van der Waals surface area contributed by atoms with Gasteiger partial charge in [-0.1, -0.05) is 11.3 Å². The Morgan fingerprint density at radius 2 is 2.12 bits per heavy atom. The molecule has 1 aromatic carbocycles. The Balaban J connectivity index is 1.81. The molecule has 1 aliphatic rings. The molecule has 2 atom stereocenters. The van der Waals surface area contributed by atoms with E-state index in [-0.39, 0.29) is 17.2 Å². The summed E-state index contributed by atoms with van der Waals surface area (Å²) in [5.41, 5.74) is 0.399. The zero-order valence-electron chi connectivity index (χ0n) is 17.7. The summed E-state index contributed by atoms with van der Waals surface area (Å²) in [7, 11) is 3.06. The summed E-state index contributed by atoms with van der Waals surface area (Å²) < 4.78 is 24.4. The number of aromatic nitrogens is 3. The summed E-state index contributed by atoms with van der Waals surface area (Å²) in [6.07, 6.45) is 1.81. The number of fused-ring (bicyclic) bond motifs is 1. The van der Waals surface area contributed by atoms with Crippen molar-refractivity contribution in [1.82, 2.24) is 19.4 Å². The van der Waals surface area contributed by atoms with E-state index in [0.29, 0.717) is 39.9 Å². The van der Waals surface area contributed by atoms with Gasteiger partial charge in [0.2, 0.25) is 0 Å². The second-order valence-electron chi connectivity index (χ2n) is 7.26. The molecule has 0 saturated carbocycles. The molecule has 0 aliphatic carbocycles. The third-order valence-corrected chi connectivity index (χ3v) is 7.24. The maximum absolute atomic E-state index is 13.4. The van der Waals surface area contributed by atoms with Crippen molar-refractivity contribution in [2.24, 2.45) is 0 Å². The molecule has 1 amide bonds. The molecule has 1 N–H and O–H groups in total. The van der Waals surface area contributed by atoms with E-state index >= 15 is 0 Å². The van der Waals surface area contributed by atoms with Crippen LogP contribution in [0, 0.1) is 0 Å². The van der Waals surface area contributed by atoms with Crippen LogP contribution in [0.1, 0.15) is 29.5 Å². The van der Waals surface area contributed by atoms with Crippen LogP contribution in [0.2, 0.25) is 0 Å². The molecular formula is C20H22N4O6S2. The monoisotopic (exact) mass is 478 g/mol. The van der Waals surface area contributed by atoms with E-state index in [1.165, 1.54) is 34.2 Å². The number of carbonyl (C=O) groups is 1. The van der Waals surface area contributed by atoms with E-state index in [4.69, 9.17) is 9.47 Å². The smallest absolute Gasteiger partial charge is 0.407 e.